The largest absolute Gasteiger partial charge is 0.313 e. The Bertz CT molecular complexity index is 201. The van der Waals surface area contributed by atoms with E-state index in [4.69, 9.17) is 0 Å². The predicted molar refractivity (Wildman–Crippen MR) is 67.3 cm³/mol. The summed E-state index contributed by atoms with van der Waals surface area (Å²) in [5.41, 5.74) is 0. The summed E-state index contributed by atoms with van der Waals surface area (Å²) in [5.74, 6) is 0. The van der Waals surface area contributed by atoms with E-state index in [9.17, 15) is 0 Å². The Balaban J connectivity index is 1.71. The summed E-state index contributed by atoms with van der Waals surface area (Å²) in [5, 5.41) is 8.74. The standard InChI is InChI=1S/C12H26N4/c1-3-5-13-12-4-6-16(11-12)15-9-7-14(2)8-10-15/h12-13H,3-11H2,1-2H3. The lowest BCUT2D eigenvalue weighted by molar-refractivity contribution is -0.0369. The van der Waals surface area contributed by atoms with Crippen molar-refractivity contribution in [2.45, 2.75) is 25.8 Å². The number of hydrogen-bond acceptors (Lipinski definition) is 4. The summed E-state index contributed by atoms with van der Waals surface area (Å²) in [6.07, 6.45) is 2.55. The van der Waals surface area contributed by atoms with Crippen LogP contribution in [0.5, 0.6) is 0 Å². The fourth-order valence-electron chi connectivity index (χ4n) is 2.59. The molecule has 2 saturated heterocycles. The molecule has 0 aromatic rings. The molecule has 2 fully saturated rings. The van der Waals surface area contributed by atoms with Crippen molar-refractivity contribution in [1.82, 2.24) is 20.2 Å². The van der Waals surface area contributed by atoms with E-state index in [0.717, 1.165) is 6.04 Å². The molecule has 0 saturated carbocycles. The van der Waals surface area contributed by atoms with Crippen LogP contribution in [0.15, 0.2) is 0 Å². The molecule has 2 heterocycles. The van der Waals surface area contributed by atoms with Crippen molar-refractivity contribution in [3.05, 3.63) is 0 Å². The number of nitrogens with zero attached hydrogens (tertiary/aromatic N) is 3. The lowest BCUT2D eigenvalue weighted by Gasteiger charge is -2.38. The Morgan fingerprint density at radius 2 is 1.81 bits per heavy atom. The molecule has 1 atom stereocenters. The Hall–Kier alpha value is -0.160. The van der Waals surface area contributed by atoms with Crippen molar-refractivity contribution < 1.29 is 0 Å². The maximum atomic E-state index is 3.63. The van der Waals surface area contributed by atoms with E-state index >= 15 is 0 Å². The quantitative estimate of drug-likeness (QED) is 0.740. The van der Waals surface area contributed by atoms with Crippen molar-refractivity contribution >= 4 is 0 Å². The Morgan fingerprint density at radius 3 is 2.50 bits per heavy atom. The second-order valence-corrected chi connectivity index (χ2v) is 5.11. The van der Waals surface area contributed by atoms with Gasteiger partial charge in [0, 0.05) is 45.3 Å². The smallest absolute Gasteiger partial charge is 0.0288 e. The van der Waals surface area contributed by atoms with Crippen LogP contribution in [0.25, 0.3) is 0 Å². The van der Waals surface area contributed by atoms with Crippen LogP contribution in [-0.4, -0.2) is 73.8 Å². The third-order valence-corrected chi connectivity index (χ3v) is 3.73. The summed E-state index contributed by atoms with van der Waals surface area (Å²) < 4.78 is 0. The summed E-state index contributed by atoms with van der Waals surface area (Å²) in [4.78, 5) is 2.42. The summed E-state index contributed by atoms with van der Waals surface area (Å²) in [6.45, 7) is 10.7. The topological polar surface area (TPSA) is 21.8 Å². The van der Waals surface area contributed by atoms with Crippen molar-refractivity contribution in [3.63, 3.8) is 0 Å². The van der Waals surface area contributed by atoms with Crippen LogP contribution in [0.4, 0.5) is 0 Å². The Labute approximate surface area is 99.5 Å². The molecule has 0 aromatic carbocycles. The van der Waals surface area contributed by atoms with Gasteiger partial charge in [-0.3, -0.25) is 0 Å². The summed E-state index contributed by atoms with van der Waals surface area (Å²) in [7, 11) is 2.22. The molecule has 1 N–H and O–H groups in total. The van der Waals surface area contributed by atoms with E-state index in [1.165, 1.54) is 58.7 Å². The molecule has 0 radical (unpaired) electrons. The predicted octanol–water partition coefficient (Wildman–Crippen LogP) is 0.223. The Kier molecular flexibility index (Phi) is 4.58. The minimum absolute atomic E-state index is 0.722. The van der Waals surface area contributed by atoms with E-state index in [2.05, 4.69) is 34.2 Å². The van der Waals surface area contributed by atoms with Gasteiger partial charge in [0.15, 0.2) is 0 Å². The second-order valence-electron chi connectivity index (χ2n) is 5.11. The maximum absolute atomic E-state index is 3.63. The molecule has 1 unspecified atom stereocenters. The number of likely N-dealkylation sites (N-methyl/N-ethyl adjacent to an activating group) is 1. The van der Waals surface area contributed by atoms with Gasteiger partial charge in [-0.25, -0.2) is 10.0 Å². The first-order valence-corrected chi connectivity index (χ1v) is 6.71. The molecule has 4 heteroatoms. The molecular weight excluding hydrogens is 200 g/mol. The molecule has 0 aromatic heterocycles. The average molecular weight is 226 g/mol. The SMILES string of the molecule is CCCNC1CCN(N2CCN(C)CC2)C1. The zero-order valence-electron chi connectivity index (χ0n) is 10.8. The lowest BCUT2D eigenvalue weighted by Crippen LogP contribution is -2.52. The van der Waals surface area contributed by atoms with Crippen LogP contribution < -0.4 is 5.32 Å². The highest BCUT2D eigenvalue weighted by Crippen LogP contribution is 2.13. The monoisotopic (exact) mass is 226 g/mol. The van der Waals surface area contributed by atoms with Gasteiger partial charge in [-0.15, -0.1) is 0 Å². The van der Waals surface area contributed by atoms with Crippen LogP contribution in [0.3, 0.4) is 0 Å². The fourth-order valence-corrected chi connectivity index (χ4v) is 2.59. The third kappa shape index (κ3) is 3.17. The van der Waals surface area contributed by atoms with Crippen LogP contribution in [-0.2, 0) is 0 Å². The van der Waals surface area contributed by atoms with Crippen LogP contribution in [0, 0.1) is 0 Å². The third-order valence-electron chi connectivity index (χ3n) is 3.73. The van der Waals surface area contributed by atoms with Crippen LogP contribution in [0.1, 0.15) is 19.8 Å². The van der Waals surface area contributed by atoms with Gasteiger partial charge in [0.1, 0.15) is 0 Å². The molecule has 0 bridgehead atoms. The molecular formula is C12H26N4. The first-order valence-electron chi connectivity index (χ1n) is 6.71. The number of piperazine rings is 1. The second kappa shape index (κ2) is 5.96. The molecule has 0 aliphatic carbocycles. The van der Waals surface area contributed by atoms with Crippen molar-refractivity contribution in [3.8, 4) is 0 Å². The normalized spacial score (nSPS) is 30.0. The zero-order valence-corrected chi connectivity index (χ0v) is 10.8. The van der Waals surface area contributed by atoms with Gasteiger partial charge >= 0.3 is 0 Å². The molecule has 4 nitrogen and oxygen atoms in total. The highest BCUT2D eigenvalue weighted by atomic mass is 15.6. The molecule has 94 valence electrons. The number of rotatable bonds is 4. The van der Waals surface area contributed by atoms with E-state index in [-0.39, 0.29) is 0 Å². The highest BCUT2D eigenvalue weighted by molar-refractivity contribution is 4.81. The minimum Gasteiger partial charge on any atom is -0.313 e. The summed E-state index contributed by atoms with van der Waals surface area (Å²) in [6, 6.07) is 0.722. The van der Waals surface area contributed by atoms with Crippen LogP contribution >= 0.6 is 0 Å². The summed E-state index contributed by atoms with van der Waals surface area (Å²) >= 11 is 0. The fraction of sp³-hybridized carbons (Fsp3) is 1.00. The molecule has 2 aliphatic heterocycles. The first-order chi connectivity index (χ1) is 7.79. The number of nitrogens with one attached hydrogen (secondary N) is 1. The van der Waals surface area contributed by atoms with E-state index in [0.29, 0.717) is 0 Å². The highest BCUT2D eigenvalue weighted by Gasteiger charge is 2.27. The van der Waals surface area contributed by atoms with Gasteiger partial charge in [0.25, 0.3) is 0 Å². The van der Waals surface area contributed by atoms with E-state index < -0.39 is 0 Å². The van der Waals surface area contributed by atoms with Gasteiger partial charge in [0.2, 0.25) is 0 Å². The first kappa shape index (κ1) is 12.3. The lowest BCUT2D eigenvalue weighted by atomic mass is 10.2. The molecule has 0 spiro atoms. The van der Waals surface area contributed by atoms with E-state index in [1.54, 1.807) is 0 Å². The molecule has 16 heavy (non-hydrogen) atoms. The van der Waals surface area contributed by atoms with Crippen molar-refractivity contribution in [1.29, 1.82) is 0 Å². The van der Waals surface area contributed by atoms with Gasteiger partial charge in [-0.1, -0.05) is 6.92 Å². The zero-order chi connectivity index (χ0) is 11.4. The maximum Gasteiger partial charge on any atom is 0.0288 e. The minimum atomic E-state index is 0.722. The van der Waals surface area contributed by atoms with Gasteiger partial charge < -0.3 is 10.2 Å². The van der Waals surface area contributed by atoms with Crippen molar-refractivity contribution in [2.24, 2.45) is 0 Å². The number of hydrogen-bond donors (Lipinski definition) is 1. The molecule has 2 aliphatic rings. The van der Waals surface area contributed by atoms with Gasteiger partial charge in [-0.2, -0.15) is 0 Å². The van der Waals surface area contributed by atoms with Gasteiger partial charge in [0.05, 0.1) is 0 Å². The van der Waals surface area contributed by atoms with Crippen molar-refractivity contribution in [2.75, 3.05) is 52.9 Å². The molecule has 0 amide bonds. The molecule has 2 rings (SSSR count). The average Bonchev–Trinajstić information content (AvgIpc) is 2.76. The van der Waals surface area contributed by atoms with Gasteiger partial charge in [-0.05, 0) is 26.4 Å². The van der Waals surface area contributed by atoms with Crippen LogP contribution in [0.2, 0.25) is 0 Å². The number of hydrazine groups is 1. The van der Waals surface area contributed by atoms with E-state index in [1.807, 2.05) is 0 Å². The Morgan fingerprint density at radius 1 is 1.06 bits per heavy atom.